The molecular weight excluding hydrogens is 665 g/mol. The van der Waals surface area contributed by atoms with Crippen LogP contribution >= 0.6 is 34.8 Å². The van der Waals surface area contributed by atoms with Crippen molar-refractivity contribution in [3.63, 3.8) is 0 Å². The summed E-state index contributed by atoms with van der Waals surface area (Å²) < 4.78 is 29.3. The maximum atomic E-state index is 14.6. The van der Waals surface area contributed by atoms with Gasteiger partial charge in [0, 0.05) is 33.6 Å². The van der Waals surface area contributed by atoms with Gasteiger partial charge in [-0.2, -0.15) is 0 Å². The van der Waals surface area contributed by atoms with Crippen LogP contribution in [-0.2, 0) is 32.6 Å². The second-order valence-corrected chi connectivity index (χ2v) is 15.2. The maximum Gasteiger partial charge on any atom is 0.264 e. The third kappa shape index (κ3) is 9.26. The average molecular weight is 701 g/mol. The number of sulfonamides is 1. The van der Waals surface area contributed by atoms with Crippen LogP contribution in [0, 0.1) is 6.92 Å². The number of hydrogen-bond donors (Lipinski definition) is 1. The first kappa shape index (κ1) is 35.3. The smallest absolute Gasteiger partial charge is 0.264 e. The van der Waals surface area contributed by atoms with Gasteiger partial charge in [-0.1, -0.05) is 101 Å². The summed E-state index contributed by atoms with van der Waals surface area (Å²) in [4.78, 5) is 29.9. The molecule has 4 aromatic rings. The summed E-state index contributed by atoms with van der Waals surface area (Å²) in [6.45, 7) is 6.70. The molecule has 0 aliphatic heterocycles. The van der Waals surface area contributed by atoms with E-state index in [2.05, 4.69) is 5.32 Å². The molecule has 1 atom stereocenters. The van der Waals surface area contributed by atoms with Crippen molar-refractivity contribution in [2.75, 3.05) is 10.8 Å². The number of nitrogens with one attached hydrogen (secondary N) is 1. The minimum Gasteiger partial charge on any atom is -0.350 e. The Labute approximate surface area is 286 Å². The van der Waals surface area contributed by atoms with Crippen molar-refractivity contribution >= 4 is 62.3 Å². The van der Waals surface area contributed by atoms with E-state index in [-0.39, 0.29) is 33.6 Å². The summed E-state index contributed by atoms with van der Waals surface area (Å²) in [5.74, 6) is -1.02. The molecule has 0 saturated heterocycles. The van der Waals surface area contributed by atoms with Crippen LogP contribution in [0.15, 0.2) is 102 Å². The van der Waals surface area contributed by atoms with Crippen LogP contribution in [0.5, 0.6) is 0 Å². The number of benzene rings is 4. The number of carbonyl (C=O) groups excluding carboxylic acids is 2. The molecule has 0 spiro atoms. The molecule has 2 amide bonds. The van der Waals surface area contributed by atoms with E-state index in [1.165, 1.54) is 35.2 Å². The SMILES string of the molecule is Cc1ccc(S(=O)(=O)N(CC(=O)N(Cc2ccccc2Cl)[C@H](Cc2ccccc2)C(=O)NC(C)(C)C)c2cc(Cl)cc(Cl)c2)cc1. The number of carbonyl (C=O) groups is 2. The zero-order valence-electron chi connectivity index (χ0n) is 26.0. The molecule has 4 aromatic carbocycles. The van der Waals surface area contributed by atoms with E-state index in [9.17, 15) is 18.0 Å². The van der Waals surface area contributed by atoms with Gasteiger partial charge in [0.2, 0.25) is 11.8 Å². The van der Waals surface area contributed by atoms with Gasteiger partial charge in [0.1, 0.15) is 12.6 Å². The first-order valence-corrected chi connectivity index (χ1v) is 17.2. The zero-order valence-corrected chi connectivity index (χ0v) is 29.1. The van der Waals surface area contributed by atoms with Gasteiger partial charge in [-0.05, 0) is 75.2 Å². The first-order valence-electron chi connectivity index (χ1n) is 14.6. The van der Waals surface area contributed by atoms with Crippen LogP contribution in [0.4, 0.5) is 5.69 Å². The normalized spacial score (nSPS) is 12.3. The summed E-state index contributed by atoms with van der Waals surface area (Å²) in [5.41, 5.74) is 1.77. The standard InChI is InChI=1S/C35H36Cl3N3O4S/c1-24-14-16-30(17-15-24)46(44,45)41(29-20-27(36)19-28(37)21-29)23-33(42)40(22-26-12-8-9-13-31(26)38)32(34(43)39-35(2,3)4)18-25-10-6-5-7-11-25/h5-17,19-21,32H,18,22-23H2,1-4H3,(H,39,43)/t32-/m1/s1. The topological polar surface area (TPSA) is 86.8 Å². The molecule has 0 aromatic heterocycles. The van der Waals surface area contributed by atoms with Crippen LogP contribution in [0.25, 0.3) is 0 Å². The van der Waals surface area contributed by atoms with E-state index >= 15 is 0 Å². The van der Waals surface area contributed by atoms with Crippen molar-refractivity contribution in [2.45, 2.75) is 57.1 Å². The molecule has 0 unspecified atom stereocenters. The van der Waals surface area contributed by atoms with Crippen molar-refractivity contribution in [1.82, 2.24) is 10.2 Å². The van der Waals surface area contributed by atoms with Crippen LogP contribution < -0.4 is 9.62 Å². The van der Waals surface area contributed by atoms with Gasteiger partial charge in [-0.25, -0.2) is 8.42 Å². The molecule has 0 aliphatic rings. The van der Waals surface area contributed by atoms with Gasteiger partial charge < -0.3 is 10.2 Å². The van der Waals surface area contributed by atoms with E-state index in [4.69, 9.17) is 34.8 Å². The Hall–Kier alpha value is -3.56. The predicted octanol–water partition coefficient (Wildman–Crippen LogP) is 7.71. The molecule has 0 fully saturated rings. The monoisotopic (exact) mass is 699 g/mol. The van der Waals surface area contributed by atoms with Gasteiger partial charge in [-0.3, -0.25) is 13.9 Å². The lowest BCUT2D eigenvalue weighted by Crippen LogP contribution is -2.56. The molecule has 0 radical (unpaired) electrons. The fraction of sp³-hybridized carbons (Fsp3) is 0.257. The highest BCUT2D eigenvalue weighted by Crippen LogP contribution is 2.31. The Morgan fingerprint density at radius 1 is 0.826 bits per heavy atom. The molecule has 0 bridgehead atoms. The van der Waals surface area contributed by atoms with Gasteiger partial charge in [0.05, 0.1) is 10.6 Å². The fourth-order valence-corrected chi connectivity index (χ4v) is 6.97. The van der Waals surface area contributed by atoms with Crippen molar-refractivity contribution < 1.29 is 18.0 Å². The number of halogens is 3. The largest absolute Gasteiger partial charge is 0.350 e. The lowest BCUT2D eigenvalue weighted by molar-refractivity contribution is -0.140. The Morgan fingerprint density at radius 2 is 1.41 bits per heavy atom. The van der Waals surface area contributed by atoms with Crippen molar-refractivity contribution in [2.24, 2.45) is 0 Å². The Bertz CT molecular complexity index is 1770. The van der Waals surface area contributed by atoms with Crippen molar-refractivity contribution in [1.29, 1.82) is 0 Å². The third-order valence-electron chi connectivity index (χ3n) is 7.09. The Balaban J connectivity index is 1.85. The predicted molar refractivity (Wildman–Crippen MR) is 186 cm³/mol. The zero-order chi connectivity index (χ0) is 33.6. The number of rotatable bonds is 11. The number of amides is 2. The second kappa shape index (κ2) is 14.9. The second-order valence-electron chi connectivity index (χ2n) is 12.0. The van der Waals surface area contributed by atoms with E-state index in [1.807, 2.05) is 58.0 Å². The Kier molecular flexibility index (Phi) is 11.4. The lowest BCUT2D eigenvalue weighted by Gasteiger charge is -2.35. The average Bonchev–Trinajstić information content (AvgIpc) is 2.97. The van der Waals surface area contributed by atoms with Gasteiger partial charge in [0.25, 0.3) is 10.0 Å². The number of aryl methyl sites for hydroxylation is 1. The molecule has 7 nitrogen and oxygen atoms in total. The molecule has 46 heavy (non-hydrogen) atoms. The number of anilines is 1. The van der Waals surface area contributed by atoms with E-state index in [0.717, 1.165) is 15.4 Å². The van der Waals surface area contributed by atoms with Crippen LogP contribution in [0.2, 0.25) is 15.1 Å². The summed E-state index contributed by atoms with van der Waals surface area (Å²) in [5, 5.41) is 3.79. The maximum absolute atomic E-state index is 14.6. The highest BCUT2D eigenvalue weighted by atomic mass is 35.5. The van der Waals surface area contributed by atoms with E-state index < -0.39 is 40.0 Å². The molecule has 1 N–H and O–H groups in total. The minimum atomic E-state index is -4.31. The van der Waals surface area contributed by atoms with Gasteiger partial charge in [0.15, 0.2) is 0 Å². The molecule has 0 heterocycles. The van der Waals surface area contributed by atoms with Gasteiger partial charge >= 0.3 is 0 Å². The highest BCUT2D eigenvalue weighted by Gasteiger charge is 2.36. The summed E-state index contributed by atoms with van der Waals surface area (Å²) in [6.07, 6.45) is 0.173. The molecule has 0 aliphatic carbocycles. The highest BCUT2D eigenvalue weighted by molar-refractivity contribution is 7.92. The molecular formula is C35H36Cl3N3O4S. The summed E-state index contributed by atoms with van der Waals surface area (Å²) >= 11 is 19.2. The van der Waals surface area contributed by atoms with E-state index in [0.29, 0.717) is 10.6 Å². The summed E-state index contributed by atoms with van der Waals surface area (Å²) in [7, 11) is -4.31. The first-order chi connectivity index (χ1) is 21.6. The third-order valence-corrected chi connectivity index (χ3v) is 9.68. The molecule has 4 rings (SSSR count). The number of nitrogens with zero attached hydrogens (tertiary/aromatic N) is 2. The summed E-state index contributed by atoms with van der Waals surface area (Å²) in [6, 6.07) is 26.0. The quantitative estimate of drug-likeness (QED) is 0.174. The van der Waals surface area contributed by atoms with Crippen molar-refractivity contribution in [3.05, 3.63) is 129 Å². The fourth-order valence-electron chi connectivity index (χ4n) is 4.87. The molecule has 0 saturated carbocycles. The Morgan fingerprint density at radius 3 is 2.00 bits per heavy atom. The molecule has 11 heteroatoms. The van der Waals surface area contributed by atoms with E-state index in [1.54, 1.807) is 36.4 Å². The minimum absolute atomic E-state index is 0.0223. The van der Waals surface area contributed by atoms with Crippen LogP contribution in [0.1, 0.15) is 37.5 Å². The van der Waals surface area contributed by atoms with Crippen LogP contribution in [0.3, 0.4) is 0 Å². The van der Waals surface area contributed by atoms with Crippen molar-refractivity contribution in [3.8, 4) is 0 Å². The van der Waals surface area contributed by atoms with Gasteiger partial charge in [-0.15, -0.1) is 0 Å². The number of hydrogen-bond acceptors (Lipinski definition) is 4. The van der Waals surface area contributed by atoms with Crippen LogP contribution in [-0.4, -0.2) is 43.3 Å². The molecule has 242 valence electrons. The lowest BCUT2D eigenvalue weighted by atomic mass is 10.0.